The lowest BCUT2D eigenvalue weighted by Gasteiger charge is -2.32. The summed E-state index contributed by atoms with van der Waals surface area (Å²) in [6, 6.07) is 10.0. The third-order valence-corrected chi connectivity index (χ3v) is 6.31. The number of fused-ring (bicyclic) bond motifs is 1. The first kappa shape index (κ1) is 22.4. The fourth-order valence-electron chi connectivity index (χ4n) is 4.84. The molecule has 2 N–H and O–H groups in total. The monoisotopic (exact) mass is 440 g/mol. The zero-order valence-corrected chi connectivity index (χ0v) is 18.8. The highest BCUT2D eigenvalue weighted by atomic mass is 19.3. The minimum atomic E-state index is -2.43. The maximum absolute atomic E-state index is 13.5. The molecule has 0 aliphatic carbocycles. The molecule has 3 aromatic rings. The number of likely N-dealkylation sites (tertiary alicyclic amines) is 1. The SMILES string of the molecule is CNCC(=O)N1CCC(c2ccc3[nH]c(-c4cc(C)nc(C)c4)c(CC(F)F)c3c2)CC1. The number of amides is 1. The van der Waals surface area contributed by atoms with Crippen LogP contribution in [0.3, 0.4) is 0 Å². The first-order valence-corrected chi connectivity index (χ1v) is 11.2. The van der Waals surface area contributed by atoms with Gasteiger partial charge in [0.05, 0.1) is 12.2 Å². The fourth-order valence-corrected chi connectivity index (χ4v) is 4.84. The normalized spacial score (nSPS) is 15.1. The average molecular weight is 441 g/mol. The number of hydrogen-bond acceptors (Lipinski definition) is 3. The number of halogens is 2. The Morgan fingerprint density at radius 1 is 1.19 bits per heavy atom. The predicted octanol–water partition coefficient (Wildman–Crippen LogP) is 4.58. The summed E-state index contributed by atoms with van der Waals surface area (Å²) in [6.45, 7) is 5.63. The molecule has 3 heterocycles. The lowest BCUT2D eigenvalue weighted by atomic mass is 9.88. The fraction of sp³-hybridized carbons (Fsp3) is 0.440. The Balaban J connectivity index is 1.67. The predicted molar refractivity (Wildman–Crippen MR) is 123 cm³/mol. The van der Waals surface area contributed by atoms with E-state index in [9.17, 15) is 13.6 Å². The van der Waals surface area contributed by atoms with Gasteiger partial charge in [-0.3, -0.25) is 9.78 Å². The largest absolute Gasteiger partial charge is 0.354 e. The number of nitrogens with zero attached hydrogens (tertiary/aromatic N) is 2. The number of benzene rings is 1. The van der Waals surface area contributed by atoms with Crippen molar-refractivity contribution in [2.24, 2.45) is 0 Å². The summed E-state index contributed by atoms with van der Waals surface area (Å²) in [5, 5.41) is 3.77. The van der Waals surface area contributed by atoms with E-state index < -0.39 is 6.43 Å². The Bertz CT molecular complexity index is 1100. The van der Waals surface area contributed by atoms with Crippen LogP contribution in [-0.4, -0.2) is 53.9 Å². The van der Waals surface area contributed by atoms with Crippen LogP contribution in [0.4, 0.5) is 8.78 Å². The minimum absolute atomic E-state index is 0.124. The third kappa shape index (κ3) is 4.67. The van der Waals surface area contributed by atoms with Crippen molar-refractivity contribution < 1.29 is 13.6 Å². The van der Waals surface area contributed by atoms with Gasteiger partial charge in [0.2, 0.25) is 12.3 Å². The van der Waals surface area contributed by atoms with Crippen molar-refractivity contribution in [3.8, 4) is 11.3 Å². The van der Waals surface area contributed by atoms with E-state index in [-0.39, 0.29) is 12.3 Å². The molecule has 0 atom stereocenters. The van der Waals surface area contributed by atoms with Gasteiger partial charge in [-0.25, -0.2) is 8.78 Å². The van der Waals surface area contributed by atoms with Crippen molar-refractivity contribution in [1.82, 2.24) is 20.2 Å². The maximum atomic E-state index is 13.5. The second-order valence-corrected chi connectivity index (χ2v) is 8.70. The molecule has 5 nitrogen and oxygen atoms in total. The number of piperidine rings is 1. The molecule has 0 radical (unpaired) electrons. The number of likely N-dealkylation sites (N-methyl/N-ethyl adjacent to an activating group) is 1. The Morgan fingerprint density at radius 3 is 2.50 bits per heavy atom. The van der Waals surface area contributed by atoms with Gasteiger partial charge in [0.1, 0.15) is 0 Å². The molecule has 32 heavy (non-hydrogen) atoms. The number of hydrogen-bond donors (Lipinski definition) is 2. The number of pyridine rings is 1. The maximum Gasteiger partial charge on any atom is 0.242 e. The molecule has 2 aromatic heterocycles. The summed E-state index contributed by atoms with van der Waals surface area (Å²) in [6.07, 6.45) is -0.964. The summed E-state index contributed by atoms with van der Waals surface area (Å²) in [5.41, 5.74) is 6.04. The van der Waals surface area contributed by atoms with E-state index >= 15 is 0 Å². The van der Waals surface area contributed by atoms with Crippen LogP contribution in [0.1, 0.15) is 41.3 Å². The number of aryl methyl sites for hydroxylation is 2. The molecule has 0 saturated carbocycles. The second kappa shape index (κ2) is 9.36. The molecule has 1 amide bonds. The summed E-state index contributed by atoms with van der Waals surface area (Å²) >= 11 is 0. The zero-order valence-electron chi connectivity index (χ0n) is 18.8. The minimum Gasteiger partial charge on any atom is -0.354 e. The highest BCUT2D eigenvalue weighted by molar-refractivity contribution is 5.91. The molecular weight excluding hydrogens is 410 g/mol. The van der Waals surface area contributed by atoms with E-state index in [2.05, 4.69) is 27.4 Å². The Morgan fingerprint density at radius 2 is 1.88 bits per heavy atom. The van der Waals surface area contributed by atoms with Gasteiger partial charge in [0.15, 0.2) is 0 Å². The second-order valence-electron chi connectivity index (χ2n) is 8.70. The van der Waals surface area contributed by atoms with Crippen molar-refractivity contribution >= 4 is 16.8 Å². The lowest BCUT2D eigenvalue weighted by molar-refractivity contribution is -0.131. The summed E-state index contributed by atoms with van der Waals surface area (Å²) < 4.78 is 27.1. The Hall–Kier alpha value is -2.80. The van der Waals surface area contributed by atoms with E-state index in [1.807, 2.05) is 36.9 Å². The van der Waals surface area contributed by atoms with Crippen molar-refractivity contribution in [3.63, 3.8) is 0 Å². The van der Waals surface area contributed by atoms with Gasteiger partial charge in [-0.2, -0.15) is 0 Å². The van der Waals surface area contributed by atoms with Crippen LogP contribution in [-0.2, 0) is 11.2 Å². The molecule has 0 unspecified atom stereocenters. The van der Waals surface area contributed by atoms with Crippen molar-refractivity contribution in [2.45, 2.75) is 45.5 Å². The van der Waals surface area contributed by atoms with Gasteiger partial charge >= 0.3 is 0 Å². The van der Waals surface area contributed by atoms with Crippen LogP contribution in [0.25, 0.3) is 22.2 Å². The first-order valence-electron chi connectivity index (χ1n) is 11.2. The molecular formula is C25H30F2N4O. The van der Waals surface area contributed by atoms with Crippen LogP contribution in [0.2, 0.25) is 0 Å². The number of carbonyl (C=O) groups is 1. The number of rotatable bonds is 6. The molecule has 1 aliphatic heterocycles. The third-order valence-electron chi connectivity index (χ3n) is 6.31. The molecule has 1 aliphatic rings. The standard InChI is InChI=1S/C25H30F2N4O/c1-15-10-19(11-16(2)29-15)25-21(13-23(26)27)20-12-18(4-5-22(20)30-25)17-6-8-31(9-7-17)24(32)14-28-3/h4-5,10-12,17,23,28,30H,6-9,13-14H2,1-3H3. The lowest BCUT2D eigenvalue weighted by Crippen LogP contribution is -2.41. The van der Waals surface area contributed by atoms with Gasteiger partial charge in [-0.1, -0.05) is 6.07 Å². The summed E-state index contributed by atoms with van der Waals surface area (Å²) in [5.74, 6) is 0.444. The average Bonchev–Trinajstić information content (AvgIpc) is 3.10. The molecule has 170 valence electrons. The number of carbonyl (C=O) groups excluding carboxylic acids is 1. The number of H-pyrrole nitrogens is 1. The number of aromatic amines is 1. The van der Waals surface area contributed by atoms with E-state index in [0.29, 0.717) is 18.0 Å². The number of alkyl halides is 2. The smallest absolute Gasteiger partial charge is 0.242 e. The van der Waals surface area contributed by atoms with Crippen LogP contribution in [0, 0.1) is 13.8 Å². The number of aromatic nitrogens is 2. The van der Waals surface area contributed by atoms with E-state index in [0.717, 1.165) is 65.0 Å². The van der Waals surface area contributed by atoms with Gasteiger partial charge in [0, 0.05) is 47.4 Å². The van der Waals surface area contributed by atoms with Gasteiger partial charge in [-0.05, 0) is 75.0 Å². The van der Waals surface area contributed by atoms with Gasteiger partial charge in [0.25, 0.3) is 0 Å². The molecule has 1 fully saturated rings. The van der Waals surface area contributed by atoms with Crippen molar-refractivity contribution in [2.75, 3.05) is 26.7 Å². The highest BCUT2D eigenvalue weighted by Gasteiger charge is 2.25. The molecule has 1 saturated heterocycles. The topological polar surface area (TPSA) is 61.0 Å². The van der Waals surface area contributed by atoms with Crippen LogP contribution >= 0.6 is 0 Å². The molecule has 0 bridgehead atoms. The molecule has 1 aromatic carbocycles. The Labute approximate surface area is 187 Å². The van der Waals surface area contributed by atoms with E-state index in [1.165, 1.54) is 0 Å². The zero-order chi connectivity index (χ0) is 22.8. The van der Waals surface area contributed by atoms with Crippen LogP contribution in [0.5, 0.6) is 0 Å². The molecule has 7 heteroatoms. The highest BCUT2D eigenvalue weighted by Crippen LogP contribution is 2.36. The Kier molecular flexibility index (Phi) is 6.55. The summed E-state index contributed by atoms with van der Waals surface area (Å²) in [4.78, 5) is 21.8. The van der Waals surface area contributed by atoms with E-state index in [4.69, 9.17) is 0 Å². The summed E-state index contributed by atoms with van der Waals surface area (Å²) in [7, 11) is 1.77. The van der Waals surface area contributed by atoms with Crippen molar-refractivity contribution in [3.05, 3.63) is 52.8 Å². The van der Waals surface area contributed by atoms with Crippen molar-refractivity contribution in [1.29, 1.82) is 0 Å². The first-order chi connectivity index (χ1) is 15.4. The van der Waals surface area contributed by atoms with E-state index in [1.54, 1.807) is 7.05 Å². The molecule has 0 spiro atoms. The van der Waals surface area contributed by atoms with Crippen LogP contribution < -0.4 is 5.32 Å². The quantitative estimate of drug-likeness (QED) is 0.590. The molecule has 4 rings (SSSR count). The van der Waals surface area contributed by atoms with Gasteiger partial charge < -0.3 is 15.2 Å². The van der Waals surface area contributed by atoms with Crippen LogP contribution in [0.15, 0.2) is 30.3 Å². The number of nitrogens with one attached hydrogen (secondary N) is 2. The van der Waals surface area contributed by atoms with Gasteiger partial charge in [-0.15, -0.1) is 0 Å².